The largest absolute Gasteiger partial charge is 0.364 e. The first-order valence-corrected chi connectivity index (χ1v) is 10.8. The fourth-order valence-electron chi connectivity index (χ4n) is 4.43. The van der Waals surface area contributed by atoms with E-state index in [9.17, 15) is 4.79 Å². The van der Waals surface area contributed by atoms with Crippen LogP contribution in [0.15, 0.2) is 16.9 Å². The number of hydrogen-bond donors (Lipinski definition) is 1. The number of rotatable bonds is 6. The molecule has 1 saturated heterocycles. The first kappa shape index (κ1) is 19.2. The average Bonchev–Trinajstić information content (AvgIpc) is 3.26. The van der Waals surface area contributed by atoms with Crippen LogP contribution < -0.4 is 5.32 Å². The van der Waals surface area contributed by atoms with Gasteiger partial charge in [-0.1, -0.05) is 24.9 Å². The number of amides is 1. The highest BCUT2D eigenvalue weighted by Crippen LogP contribution is 2.27. The molecule has 28 heavy (non-hydrogen) atoms. The highest BCUT2D eigenvalue weighted by Gasteiger charge is 2.31. The second-order valence-corrected chi connectivity index (χ2v) is 8.01. The molecule has 7 nitrogen and oxygen atoms in total. The first-order valence-electron chi connectivity index (χ1n) is 10.8. The van der Waals surface area contributed by atoms with E-state index in [1.807, 2.05) is 11.0 Å². The predicted molar refractivity (Wildman–Crippen MR) is 106 cm³/mol. The fourth-order valence-corrected chi connectivity index (χ4v) is 4.43. The number of hydrogen-bond acceptors (Lipinski definition) is 5. The van der Waals surface area contributed by atoms with E-state index in [-0.39, 0.29) is 5.91 Å². The minimum absolute atomic E-state index is 0.130. The normalized spacial score (nSPS) is 20.0. The molecule has 152 valence electrons. The lowest BCUT2D eigenvalue weighted by Gasteiger charge is -2.25. The molecule has 7 heteroatoms. The number of nitrogens with one attached hydrogen (secondary N) is 1. The molecule has 1 fully saturated rings. The Hall–Kier alpha value is -2.15. The summed E-state index contributed by atoms with van der Waals surface area (Å²) < 4.78 is 7.01. The van der Waals surface area contributed by atoms with Crippen molar-refractivity contribution >= 4 is 5.91 Å². The number of fused-ring (bicyclic) bond motifs is 1. The van der Waals surface area contributed by atoms with Gasteiger partial charge in [0.25, 0.3) is 5.91 Å². The Morgan fingerprint density at radius 2 is 2.11 bits per heavy atom. The molecule has 0 unspecified atom stereocenters. The van der Waals surface area contributed by atoms with Crippen molar-refractivity contribution in [2.24, 2.45) is 0 Å². The number of carbonyl (C=O) groups is 1. The summed E-state index contributed by atoms with van der Waals surface area (Å²) in [5, 5.41) is 12.4. The number of carbonyl (C=O) groups excluding carboxylic acids is 1. The predicted octanol–water partition coefficient (Wildman–Crippen LogP) is 2.94. The summed E-state index contributed by atoms with van der Waals surface area (Å²) in [4.78, 5) is 15.3. The molecule has 0 bridgehead atoms. The summed E-state index contributed by atoms with van der Waals surface area (Å²) in [7, 11) is 0. The molecular weight excluding hydrogens is 354 g/mol. The molecule has 2 aromatic rings. The molecule has 3 heterocycles. The summed E-state index contributed by atoms with van der Waals surface area (Å²) in [6.45, 7) is 5.46. The molecule has 1 aliphatic heterocycles. The Balaban J connectivity index is 1.53. The molecule has 2 aromatic heterocycles. The van der Waals surface area contributed by atoms with Crippen LogP contribution in [0.25, 0.3) is 0 Å². The molecule has 0 saturated carbocycles. The minimum Gasteiger partial charge on any atom is -0.364 e. The van der Waals surface area contributed by atoms with Crippen molar-refractivity contribution in [1.82, 2.24) is 25.2 Å². The maximum absolute atomic E-state index is 13.3. The molecule has 1 amide bonds. The van der Waals surface area contributed by atoms with Crippen LogP contribution in [-0.2, 0) is 25.9 Å². The lowest BCUT2D eigenvalue weighted by Crippen LogP contribution is -2.36. The van der Waals surface area contributed by atoms with Crippen LogP contribution in [0, 0.1) is 0 Å². The molecule has 1 aliphatic carbocycles. The Morgan fingerprint density at radius 1 is 1.29 bits per heavy atom. The molecule has 1 N–H and O–H groups in total. The lowest BCUT2D eigenvalue weighted by molar-refractivity contribution is 0.0753. The molecule has 1 atom stereocenters. The SMILES string of the molecule is CCCn1nc(C(=O)N2CCCCCC2)c2c1CC[C@@H](NCc1ccon1)C2. The van der Waals surface area contributed by atoms with Gasteiger partial charge in [-0.25, -0.2) is 0 Å². The zero-order chi connectivity index (χ0) is 19.3. The third kappa shape index (κ3) is 4.14. The third-order valence-corrected chi connectivity index (χ3v) is 5.94. The van der Waals surface area contributed by atoms with E-state index in [0.29, 0.717) is 18.3 Å². The molecule has 4 rings (SSSR count). The van der Waals surface area contributed by atoms with Crippen molar-refractivity contribution in [2.45, 2.75) is 77.4 Å². The molecule has 2 aliphatic rings. The summed E-state index contributed by atoms with van der Waals surface area (Å²) in [6, 6.07) is 2.22. The summed E-state index contributed by atoms with van der Waals surface area (Å²) >= 11 is 0. The van der Waals surface area contributed by atoms with E-state index in [1.165, 1.54) is 18.5 Å². The number of aryl methyl sites for hydroxylation is 1. The highest BCUT2D eigenvalue weighted by atomic mass is 16.5. The van der Waals surface area contributed by atoms with Crippen molar-refractivity contribution in [1.29, 1.82) is 0 Å². The second kappa shape index (κ2) is 8.90. The van der Waals surface area contributed by atoms with Crippen molar-refractivity contribution in [3.05, 3.63) is 35.0 Å². The van der Waals surface area contributed by atoms with E-state index in [1.54, 1.807) is 6.26 Å². The quantitative estimate of drug-likeness (QED) is 0.827. The Morgan fingerprint density at radius 3 is 2.82 bits per heavy atom. The molecular formula is C21H31N5O2. The van der Waals surface area contributed by atoms with Gasteiger partial charge in [0, 0.05) is 49.5 Å². The zero-order valence-electron chi connectivity index (χ0n) is 16.8. The van der Waals surface area contributed by atoms with Gasteiger partial charge in [-0.2, -0.15) is 5.10 Å². The van der Waals surface area contributed by atoms with E-state index < -0.39 is 0 Å². The summed E-state index contributed by atoms with van der Waals surface area (Å²) in [5.74, 6) is 0.130. The van der Waals surface area contributed by atoms with Gasteiger partial charge < -0.3 is 14.7 Å². The van der Waals surface area contributed by atoms with Gasteiger partial charge in [0.2, 0.25) is 0 Å². The van der Waals surface area contributed by atoms with E-state index >= 15 is 0 Å². The maximum atomic E-state index is 13.3. The van der Waals surface area contributed by atoms with Crippen LogP contribution in [0.5, 0.6) is 0 Å². The monoisotopic (exact) mass is 385 g/mol. The van der Waals surface area contributed by atoms with E-state index in [4.69, 9.17) is 9.62 Å². The van der Waals surface area contributed by atoms with Gasteiger partial charge in [-0.15, -0.1) is 0 Å². The Kier molecular flexibility index (Phi) is 6.10. The van der Waals surface area contributed by atoms with Gasteiger partial charge >= 0.3 is 0 Å². The topological polar surface area (TPSA) is 76.2 Å². The van der Waals surface area contributed by atoms with Crippen LogP contribution in [0.4, 0.5) is 0 Å². The van der Waals surface area contributed by atoms with Crippen molar-refractivity contribution in [3.8, 4) is 0 Å². The number of nitrogens with zero attached hydrogens (tertiary/aromatic N) is 4. The van der Waals surface area contributed by atoms with Crippen molar-refractivity contribution in [3.63, 3.8) is 0 Å². The highest BCUT2D eigenvalue weighted by molar-refractivity contribution is 5.94. The van der Waals surface area contributed by atoms with Crippen molar-refractivity contribution < 1.29 is 9.32 Å². The van der Waals surface area contributed by atoms with Gasteiger partial charge in [0.1, 0.15) is 6.26 Å². The smallest absolute Gasteiger partial charge is 0.274 e. The molecule has 0 spiro atoms. The Labute approximate surface area is 166 Å². The second-order valence-electron chi connectivity index (χ2n) is 8.01. The summed E-state index contributed by atoms with van der Waals surface area (Å²) in [5.41, 5.74) is 4.03. The molecule has 0 radical (unpaired) electrons. The van der Waals surface area contributed by atoms with E-state index in [2.05, 4.69) is 22.1 Å². The van der Waals surface area contributed by atoms with Gasteiger partial charge in [-0.05, 0) is 38.5 Å². The van der Waals surface area contributed by atoms with Crippen LogP contribution in [-0.4, -0.2) is 44.9 Å². The van der Waals surface area contributed by atoms with Crippen molar-refractivity contribution in [2.75, 3.05) is 13.1 Å². The summed E-state index contributed by atoms with van der Waals surface area (Å²) in [6.07, 6.45) is 10.1. The average molecular weight is 386 g/mol. The van der Waals surface area contributed by atoms with Crippen LogP contribution in [0.3, 0.4) is 0 Å². The van der Waals surface area contributed by atoms with Crippen LogP contribution >= 0.6 is 0 Å². The van der Waals surface area contributed by atoms with Gasteiger partial charge in [0.15, 0.2) is 5.69 Å². The Bertz CT molecular complexity index is 775. The minimum atomic E-state index is 0.130. The van der Waals surface area contributed by atoms with Gasteiger partial charge in [0.05, 0.1) is 5.69 Å². The van der Waals surface area contributed by atoms with Crippen LogP contribution in [0.1, 0.15) is 72.9 Å². The third-order valence-electron chi connectivity index (χ3n) is 5.94. The first-order chi connectivity index (χ1) is 13.8. The standard InChI is InChI=1S/C21H31N5O2/c1-2-10-26-19-8-7-16(22-15-17-9-13-28-24-17)14-18(19)20(23-26)21(27)25-11-5-3-4-6-12-25/h9,13,16,22H,2-8,10-12,14-15H2,1H3/t16-/m1/s1. The zero-order valence-corrected chi connectivity index (χ0v) is 16.8. The van der Waals surface area contributed by atoms with Gasteiger partial charge in [-0.3, -0.25) is 9.48 Å². The van der Waals surface area contributed by atoms with Crippen LogP contribution in [0.2, 0.25) is 0 Å². The molecule has 0 aromatic carbocycles. The fraction of sp³-hybridized carbons (Fsp3) is 0.667. The van der Waals surface area contributed by atoms with E-state index in [0.717, 1.165) is 69.4 Å². The number of aromatic nitrogens is 3. The number of likely N-dealkylation sites (tertiary alicyclic amines) is 1. The maximum Gasteiger partial charge on any atom is 0.274 e. The lowest BCUT2D eigenvalue weighted by atomic mass is 9.91.